The van der Waals surface area contributed by atoms with E-state index in [1.165, 1.54) is 42.3 Å². The van der Waals surface area contributed by atoms with Gasteiger partial charge in [0.1, 0.15) is 16.6 Å². The molecule has 0 radical (unpaired) electrons. The molecule has 1 heterocycles. The van der Waals surface area contributed by atoms with E-state index < -0.39 is 5.92 Å². The van der Waals surface area contributed by atoms with E-state index in [0.717, 1.165) is 11.3 Å². The van der Waals surface area contributed by atoms with Crippen LogP contribution in [0.4, 0.5) is 4.39 Å². The Hall–Kier alpha value is -2.69. The van der Waals surface area contributed by atoms with E-state index in [4.69, 9.17) is 4.74 Å². The van der Waals surface area contributed by atoms with Gasteiger partial charge < -0.3 is 4.74 Å². The summed E-state index contributed by atoms with van der Waals surface area (Å²) in [5.41, 5.74) is 2.38. The van der Waals surface area contributed by atoms with Gasteiger partial charge in [0.05, 0.1) is 24.6 Å². The number of hydrogen-bond acceptors (Lipinski definition) is 6. The lowest BCUT2D eigenvalue weighted by Crippen LogP contribution is -2.13. The maximum absolute atomic E-state index is 13.4. The largest absolute Gasteiger partial charge is 0.496 e. The fourth-order valence-corrected chi connectivity index (χ4v) is 4.44. The van der Waals surface area contributed by atoms with Crippen LogP contribution in [0.2, 0.25) is 0 Å². The molecule has 0 aliphatic heterocycles. The smallest absolute Gasteiger partial charge is 0.166 e. The molecule has 1 atom stereocenters. The van der Waals surface area contributed by atoms with E-state index in [-0.39, 0.29) is 17.4 Å². The molecule has 1 unspecified atom stereocenters. The molecule has 0 bridgehead atoms. The lowest BCUT2D eigenvalue weighted by Gasteiger charge is -2.09. The molecule has 3 rings (SSSR count). The normalized spacial score (nSPS) is 11.6. The highest BCUT2D eigenvalue weighted by atomic mass is 32.2. The number of methoxy groups -OCH3 is 1. The summed E-state index contributed by atoms with van der Waals surface area (Å²) >= 11 is 2.63. The van der Waals surface area contributed by atoms with Gasteiger partial charge in [0.25, 0.3) is 0 Å². The molecule has 7 heteroatoms. The molecule has 0 saturated heterocycles. The number of halogens is 1. The molecule has 3 aromatic rings. The molecule has 0 spiro atoms. The van der Waals surface area contributed by atoms with E-state index in [0.29, 0.717) is 22.1 Å². The summed E-state index contributed by atoms with van der Waals surface area (Å²) in [6, 6.07) is 16.0. The summed E-state index contributed by atoms with van der Waals surface area (Å²) in [5, 5.41) is 11.8. The van der Waals surface area contributed by atoms with Crippen molar-refractivity contribution < 1.29 is 13.9 Å². The first-order chi connectivity index (χ1) is 13.6. The van der Waals surface area contributed by atoms with Crippen LogP contribution >= 0.6 is 23.1 Å². The molecule has 1 aromatic heterocycles. The van der Waals surface area contributed by atoms with E-state index >= 15 is 0 Å². The average molecular weight is 413 g/mol. The van der Waals surface area contributed by atoms with Crippen molar-refractivity contribution in [2.24, 2.45) is 0 Å². The molecule has 0 amide bonds. The third kappa shape index (κ3) is 4.77. The van der Waals surface area contributed by atoms with Gasteiger partial charge in [0, 0.05) is 22.3 Å². The third-order valence-electron chi connectivity index (χ3n) is 4.03. The van der Waals surface area contributed by atoms with E-state index in [1.54, 1.807) is 6.07 Å². The number of carbonyl (C=O) groups excluding carboxylic acids is 1. The molecule has 142 valence electrons. The number of hydrogen-bond donors (Lipinski definition) is 0. The first-order valence-corrected chi connectivity index (χ1v) is 10.5. The van der Waals surface area contributed by atoms with Gasteiger partial charge in [0.15, 0.2) is 11.7 Å². The zero-order chi connectivity index (χ0) is 19.9. The number of rotatable bonds is 8. The van der Waals surface area contributed by atoms with Crippen molar-refractivity contribution in [2.45, 2.75) is 11.7 Å². The van der Waals surface area contributed by atoms with Gasteiger partial charge in [0.2, 0.25) is 0 Å². The number of benzene rings is 2. The van der Waals surface area contributed by atoms with Gasteiger partial charge in [-0.1, -0.05) is 30.3 Å². The Balaban J connectivity index is 1.64. The number of aromatic nitrogens is 1. The molecule has 0 aliphatic carbocycles. The van der Waals surface area contributed by atoms with Gasteiger partial charge >= 0.3 is 0 Å². The highest BCUT2D eigenvalue weighted by molar-refractivity contribution is 7.99. The average Bonchev–Trinajstić information content (AvgIpc) is 3.19. The molecule has 0 fully saturated rings. The lowest BCUT2D eigenvalue weighted by atomic mass is 10.1. The Bertz CT molecular complexity index is 999. The Morgan fingerprint density at radius 3 is 2.82 bits per heavy atom. The number of thiazole rings is 1. The van der Waals surface area contributed by atoms with Crippen LogP contribution in [0.25, 0.3) is 11.3 Å². The summed E-state index contributed by atoms with van der Waals surface area (Å²) in [7, 11) is 1.52. The molecule has 2 aromatic carbocycles. The SMILES string of the molecule is COc1ccc(F)cc1CSCC(=O)C(C#N)c1nc(-c2ccccc2)cs1. The number of nitrogens with zero attached hydrogens (tertiary/aromatic N) is 2. The molecule has 0 N–H and O–H groups in total. The van der Waals surface area contributed by atoms with E-state index in [1.807, 2.05) is 35.7 Å². The van der Waals surface area contributed by atoms with Crippen molar-refractivity contribution >= 4 is 28.9 Å². The molecule has 0 aliphatic rings. The summed E-state index contributed by atoms with van der Waals surface area (Å²) in [4.78, 5) is 17.0. The molecular weight excluding hydrogens is 395 g/mol. The summed E-state index contributed by atoms with van der Waals surface area (Å²) in [6.07, 6.45) is 0. The van der Waals surface area contributed by atoms with Crippen LogP contribution in [0.1, 0.15) is 16.5 Å². The Labute approximate surface area is 171 Å². The number of ether oxygens (including phenoxy) is 1. The number of carbonyl (C=O) groups is 1. The molecule has 4 nitrogen and oxygen atoms in total. The van der Waals surface area contributed by atoms with E-state index in [2.05, 4.69) is 11.1 Å². The first kappa shape index (κ1) is 20.1. The minimum atomic E-state index is -0.899. The monoisotopic (exact) mass is 412 g/mol. The number of nitriles is 1. The van der Waals surface area contributed by atoms with E-state index in [9.17, 15) is 14.4 Å². The second-order valence-corrected chi connectivity index (χ2v) is 7.79. The maximum Gasteiger partial charge on any atom is 0.166 e. The first-order valence-electron chi connectivity index (χ1n) is 8.45. The fourth-order valence-electron chi connectivity index (χ4n) is 2.63. The molecular formula is C21H17FN2O2S2. The summed E-state index contributed by atoms with van der Waals surface area (Å²) in [5.74, 6) is -0.337. The highest BCUT2D eigenvalue weighted by Crippen LogP contribution is 2.29. The van der Waals surface area contributed by atoms with Crippen LogP contribution in [0.3, 0.4) is 0 Å². The summed E-state index contributed by atoms with van der Waals surface area (Å²) in [6.45, 7) is 0. The Morgan fingerprint density at radius 2 is 2.11 bits per heavy atom. The van der Waals surface area contributed by atoms with Crippen molar-refractivity contribution in [3.8, 4) is 23.1 Å². The van der Waals surface area contributed by atoms with Gasteiger partial charge in [-0.2, -0.15) is 5.26 Å². The van der Waals surface area contributed by atoms with Crippen molar-refractivity contribution in [3.05, 3.63) is 70.3 Å². The fraction of sp³-hybridized carbons (Fsp3) is 0.190. The zero-order valence-electron chi connectivity index (χ0n) is 15.1. The minimum Gasteiger partial charge on any atom is -0.496 e. The van der Waals surface area contributed by atoms with Gasteiger partial charge in [-0.25, -0.2) is 9.37 Å². The number of Topliss-reactive ketones (excluding diaryl/α,β-unsaturated/α-hetero) is 1. The Morgan fingerprint density at radius 1 is 1.32 bits per heavy atom. The van der Waals surface area contributed by atoms with Crippen molar-refractivity contribution in [3.63, 3.8) is 0 Å². The van der Waals surface area contributed by atoms with Crippen LogP contribution in [0.15, 0.2) is 53.9 Å². The van der Waals surface area contributed by atoms with Crippen LogP contribution in [-0.4, -0.2) is 23.6 Å². The zero-order valence-corrected chi connectivity index (χ0v) is 16.7. The minimum absolute atomic E-state index is 0.137. The van der Waals surface area contributed by atoms with Crippen LogP contribution in [0, 0.1) is 17.1 Å². The maximum atomic E-state index is 13.4. The summed E-state index contributed by atoms with van der Waals surface area (Å²) < 4.78 is 18.6. The van der Waals surface area contributed by atoms with Crippen LogP contribution in [-0.2, 0) is 10.5 Å². The number of ketones is 1. The highest BCUT2D eigenvalue weighted by Gasteiger charge is 2.23. The molecule has 0 saturated carbocycles. The van der Waals surface area contributed by atoms with Crippen LogP contribution < -0.4 is 4.74 Å². The predicted molar refractivity (Wildman–Crippen MR) is 110 cm³/mol. The second kappa shape index (κ2) is 9.49. The van der Waals surface area contributed by atoms with Crippen LogP contribution in [0.5, 0.6) is 5.75 Å². The van der Waals surface area contributed by atoms with Crippen molar-refractivity contribution in [1.29, 1.82) is 5.26 Å². The van der Waals surface area contributed by atoms with Crippen molar-refractivity contribution in [1.82, 2.24) is 4.98 Å². The quantitative estimate of drug-likeness (QED) is 0.517. The predicted octanol–water partition coefficient (Wildman–Crippen LogP) is 5.07. The standard InChI is InChI=1S/C21H17FN2O2S2/c1-26-20-8-7-16(22)9-15(20)11-27-13-19(25)17(10-23)21-24-18(12-28-21)14-5-3-2-4-6-14/h2-9,12,17H,11,13H2,1H3. The van der Waals surface area contributed by atoms with Gasteiger partial charge in [-0.3, -0.25) is 4.79 Å². The molecule has 28 heavy (non-hydrogen) atoms. The Kier molecular flexibility index (Phi) is 6.80. The van der Waals surface area contributed by atoms with Crippen molar-refractivity contribution in [2.75, 3.05) is 12.9 Å². The topological polar surface area (TPSA) is 63.0 Å². The number of thioether (sulfide) groups is 1. The third-order valence-corrected chi connectivity index (χ3v) is 5.95. The second-order valence-electron chi connectivity index (χ2n) is 5.91. The van der Waals surface area contributed by atoms with Gasteiger partial charge in [-0.05, 0) is 18.2 Å². The van der Waals surface area contributed by atoms with Gasteiger partial charge in [-0.15, -0.1) is 23.1 Å². The lowest BCUT2D eigenvalue weighted by molar-refractivity contribution is -0.116.